The van der Waals surface area contributed by atoms with Gasteiger partial charge in [-0.15, -0.1) is 0 Å². The number of hydrogen-bond acceptors (Lipinski definition) is 2. The summed E-state index contributed by atoms with van der Waals surface area (Å²) in [4.78, 5) is 0. The molecule has 11 heavy (non-hydrogen) atoms. The maximum Gasteiger partial charge on any atom is 0.203 e. The van der Waals surface area contributed by atoms with E-state index in [0.29, 0.717) is 0 Å². The molecule has 0 N–H and O–H groups in total. The zero-order valence-electron chi connectivity index (χ0n) is 7.72. The molecule has 1 rings (SSSR count). The molecule has 0 spiro atoms. The Morgan fingerprint density at radius 3 is 2.82 bits per heavy atom. The van der Waals surface area contributed by atoms with Crippen molar-refractivity contribution in [3.05, 3.63) is 0 Å². The SMILES string of the molecule is CO[Si]1(C)CCCCO[SiH]1C. The average molecular weight is 190 g/mol. The molecule has 0 aromatic carbocycles. The Morgan fingerprint density at radius 1 is 1.45 bits per heavy atom. The molecule has 1 saturated heterocycles. The Bertz CT molecular complexity index is 132. The molecule has 1 fully saturated rings. The molecule has 2 nitrogen and oxygen atoms in total. The van der Waals surface area contributed by atoms with Gasteiger partial charge in [-0.05, 0) is 25.6 Å². The summed E-state index contributed by atoms with van der Waals surface area (Å²) in [5.74, 6) is 0. The summed E-state index contributed by atoms with van der Waals surface area (Å²) < 4.78 is 11.4. The topological polar surface area (TPSA) is 18.5 Å². The quantitative estimate of drug-likeness (QED) is 0.583. The first-order valence-electron chi connectivity index (χ1n) is 4.36. The Morgan fingerprint density at radius 2 is 2.18 bits per heavy atom. The van der Waals surface area contributed by atoms with Crippen LogP contribution < -0.4 is 0 Å². The van der Waals surface area contributed by atoms with Crippen molar-refractivity contribution in [3.8, 4) is 0 Å². The number of rotatable bonds is 1. The van der Waals surface area contributed by atoms with E-state index >= 15 is 0 Å². The van der Waals surface area contributed by atoms with Crippen LogP contribution >= 0.6 is 0 Å². The van der Waals surface area contributed by atoms with E-state index in [2.05, 4.69) is 13.1 Å². The summed E-state index contributed by atoms with van der Waals surface area (Å²) in [5, 5.41) is 0. The van der Waals surface area contributed by atoms with Gasteiger partial charge in [0.25, 0.3) is 0 Å². The van der Waals surface area contributed by atoms with Crippen molar-refractivity contribution in [2.45, 2.75) is 32.0 Å². The van der Waals surface area contributed by atoms with Gasteiger partial charge in [-0.3, -0.25) is 0 Å². The van der Waals surface area contributed by atoms with Crippen LogP contribution in [0.15, 0.2) is 0 Å². The Balaban J connectivity index is 2.58. The first kappa shape index (κ1) is 9.44. The minimum absolute atomic E-state index is 0.953. The normalized spacial score (nSPS) is 40.1. The highest BCUT2D eigenvalue weighted by atomic mass is 29.2. The highest BCUT2D eigenvalue weighted by molar-refractivity contribution is 7.26. The average Bonchev–Trinajstić information content (AvgIpc) is 2.16. The summed E-state index contributed by atoms with van der Waals surface area (Å²) in [5.41, 5.74) is 0. The Hall–Kier alpha value is 0.354. The lowest BCUT2D eigenvalue weighted by molar-refractivity contribution is 0.323. The van der Waals surface area contributed by atoms with Crippen LogP contribution in [0.2, 0.25) is 19.1 Å². The predicted octanol–water partition coefficient (Wildman–Crippen LogP) is 1.45. The van der Waals surface area contributed by atoms with E-state index < -0.39 is 16.4 Å². The van der Waals surface area contributed by atoms with Crippen molar-refractivity contribution in [3.63, 3.8) is 0 Å². The molecule has 2 atom stereocenters. The largest absolute Gasteiger partial charge is 0.421 e. The van der Waals surface area contributed by atoms with E-state index in [1.54, 1.807) is 0 Å². The van der Waals surface area contributed by atoms with Crippen molar-refractivity contribution < 1.29 is 8.85 Å². The van der Waals surface area contributed by atoms with E-state index in [0.717, 1.165) is 6.61 Å². The van der Waals surface area contributed by atoms with Gasteiger partial charge in [0.15, 0.2) is 8.56 Å². The van der Waals surface area contributed by atoms with Gasteiger partial charge in [-0.1, -0.05) is 6.42 Å². The fourth-order valence-electron chi connectivity index (χ4n) is 1.49. The van der Waals surface area contributed by atoms with Gasteiger partial charge in [0.05, 0.1) is 0 Å². The van der Waals surface area contributed by atoms with E-state index in [1.807, 2.05) is 7.11 Å². The van der Waals surface area contributed by atoms with Crippen LogP contribution in [0.3, 0.4) is 0 Å². The molecule has 0 amide bonds. The minimum Gasteiger partial charge on any atom is -0.421 e. The summed E-state index contributed by atoms with van der Waals surface area (Å²) in [6.45, 7) is 5.61. The third-order valence-electron chi connectivity index (χ3n) is 2.76. The van der Waals surface area contributed by atoms with Gasteiger partial charge < -0.3 is 8.85 Å². The smallest absolute Gasteiger partial charge is 0.203 e. The molecule has 4 heteroatoms. The molecular formula is C7H18O2Si2. The monoisotopic (exact) mass is 190 g/mol. The molecule has 2 unspecified atom stereocenters. The van der Waals surface area contributed by atoms with Crippen molar-refractivity contribution in [2.24, 2.45) is 0 Å². The fourth-order valence-corrected chi connectivity index (χ4v) is 8.49. The van der Waals surface area contributed by atoms with E-state index in [1.165, 1.54) is 18.9 Å². The van der Waals surface area contributed by atoms with Gasteiger partial charge in [-0.25, -0.2) is 0 Å². The van der Waals surface area contributed by atoms with E-state index in [4.69, 9.17) is 8.85 Å². The first-order chi connectivity index (χ1) is 5.19. The summed E-state index contributed by atoms with van der Waals surface area (Å²) in [6.07, 6.45) is 2.55. The van der Waals surface area contributed by atoms with E-state index in [-0.39, 0.29) is 0 Å². The van der Waals surface area contributed by atoms with Gasteiger partial charge in [0.1, 0.15) is 0 Å². The van der Waals surface area contributed by atoms with Gasteiger partial charge in [0.2, 0.25) is 7.83 Å². The molecular weight excluding hydrogens is 172 g/mol. The molecule has 0 aliphatic carbocycles. The lowest BCUT2D eigenvalue weighted by Gasteiger charge is -2.27. The third kappa shape index (κ3) is 2.14. The third-order valence-corrected chi connectivity index (χ3v) is 14.7. The number of hydrogen-bond donors (Lipinski definition) is 0. The lowest BCUT2D eigenvalue weighted by atomic mass is 10.4. The molecule has 1 aliphatic rings. The van der Waals surface area contributed by atoms with Crippen LogP contribution in [0.1, 0.15) is 12.8 Å². The summed E-state index contributed by atoms with van der Waals surface area (Å²) in [6, 6.07) is 1.32. The molecule has 1 aliphatic heterocycles. The highest BCUT2D eigenvalue weighted by Gasteiger charge is 2.38. The second-order valence-electron chi connectivity index (χ2n) is 3.49. The Labute approximate surface area is 71.5 Å². The van der Waals surface area contributed by atoms with Crippen molar-refractivity contribution in [1.29, 1.82) is 0 Å². The predicted molar refractivity (Wildman–Crippen MR) is 51.6 cm³/mol. The molecule has 66 valence electrons. The van der Waals surface area contributed by atoms with Crippen LogP contribution in [0.4, 0.5) is 0 Å². The highest BCUT2D eigenvalue weighted by Crippen LogP contribution is 2.21. The zero-order valence-corrected chi connectivity index (χ0v) is 9.88. The minimum atomic E-state index is -1.35. The van der Waals surface area contributed by atoms with Crippen LogP contribution in [-0.2, 0) is 8.85 Å². The maximum atomic E-state index is 5.78. The van der Waals surface area contributed by atoms with Crippen LogP contribution in [0.5, 0.6) is 0 Å². The molecule has 1 heterocycles. The lowest BCUT2D eigenvalue weighted by Crippen LogP contribution is -2.49. The van der Waals surface area contributed by atoms with Crippen molar-refractivity contribution in [1.82, 2.24) is 0 Å². The molecule has 0 aromatic rings. The van der Waals surface area contributed by atoms with Crippen molar-refractivity contribution >= 4 is 16.4 Å². The second-order valence-corrected chi connectivity index (χ2v) is 14.7. The second kappa shape index (κ2) is 3.84. The van der Waals surface area contributed by atoms with Gasteiger partial charge >= 0.3 is 0 Å². The van der Waals surface area contributed by atoms with E-state index in [9.17, 15) is 0 Å². The van der Waals surface area contributed by atoms with Crippen LogP contribution in [0, 0.1) is 0 Å². The first-order valence-corrected chi connectivity index (χ1v) is 10.4. The zero-order chi connectivity index (χ0) is 8.32. The van der Waals surface area contributed by atoms with Gasteiger partial charge in [-0.2, -0.15) is 0 Å². The Kier molecular flexibility index (Phi) is 3.30. The summed E-state index contributed by atoms with van der Waals surface area (Å²) >= 11 is 0. The van der Waals surface area contributed by atoms with Crippen LogP contribution in [0.25, 0.3) is 0 Å². The molecule has 0 aromatic heterocycles. The van der Waals surface area contributed by atoms with Crippen molar-refractivity contribution in [2.75, 3.05) is 13.7 Å². The summed E-state index contributed by atoms with van der Waals surface area (Å²) in [7, 11) is -0.435. The van der Waals surface area contributed by atoms with Gasteiger partial charge in [0, 0.05) is 13.7 Å². The molecule has 0 radical (unpaired) electrons. The molecule has 0 saturated carbocycles. The van der Waals surface area contributed by atoms with Crippen LogP contribution in [-0.4, -0.2) is 30.1 Å². The standard InChI is InChI=1S/C7H18O2Si2/c1-8-11(3)7-5-4-6-9-10(11)2/h10H,4-7H2,1-3H3. The molecule has 0 bridgehead atoms. The maximum absolute atomic E-state index is 5.78. The fraction of sp³-hybridized carbons (Fsp3) is 1.00.